The van der Waals surface area contributed by atoms with Gasteiger partial charge in [0, 0.05) is 12.8 Å². The first-order chi connectivity index (χ1) is 38.1. The number of carboxylic acids is 1. The average molecular weight is 1100 g/mol. The first kappa shape index (κ1) is 75.2. The number of esters is 2. The van der Waals surface area contributed by atoms with Crippen molar-refractivity contribution in [3.63, 3.8) is 0 Å². The van der Waals surface area contributed by atoms with Crippen LogP contribution in [-0.2, 0) is 33.3 Å². The Labute approximate surface area is 482 Å². The molecule has 0 aromatic carbocycles. The van der Waals surface area contributed by atoms with Gasteiger partial charge in [0.1, 0.15) is 13.2 Å². The lowest BCUT2D eigenvalue weighted by molar-refractivity contribution is -0.870. The highest BCUT2D eigenvalue weighted by atomic mass is 16.7. The van der Waals surface area contributed by atoms with Gasteiger partial charge in [-0.1, -0.05) is 274 Å². The molecule has 0 bridgehead atoms. The lowest BCUT2D eigenvalue weighted by atomic mass is 10.0. The molecular formula is C69H128NO8+. The molecule has 1 N–H and O–H groups in total. The van der Waals surface area contributed by atoms with Crippen LogP contribution in [0.5, 0.6) is 0 Å². The van der Waals surface area contributed by atoms with Gasteiger partial charge in [-0.25, -0.2) is 4.79 Å². The number of carbonyl (C=O) groups excluding carboxylic acids is 2. The highest BCUT2D eigenvalue weighted by Crippen LogP contribution is 2.18. The highest BCUT2D eigenvalue weighted by molar-refractivity contribution is 5.71. The van der Waals surface area contributed by atoms with E-state index in [1.54, 1.807) is 0 Å². The number of hydrogen-bond acceptors (Lipinski definition) is 7. The van der Waals surface area contributed by atoms with Gasteiger partial charge in [-0.2, -0.15) is 0 Å². The Morgan fingerprint density at radius 3 is 1.04 bits per heavy atom. The molecule has 2 unspecified atom stereocenters. The van der Waals surface area contributed by atoms with Gasteiger partial charge in [-0.3, -0.25) is 9.59 Å². The molecule has 0 rings (SSSR count). The summed E-state index contributed by atoms with van der Waals surface area (Å²) in [6.45, 7) is 4.88. The molecule has 0 heterocycles. The van der Waals surface area contributed by atoms with E-state index in [0.717, 1.165) is 64.2 Å². The standard InChI is InChI=1S/C69H127NO8/c1-6-8-10-12-14-16-18-20-22-23-24-25-26-27-28-29-30-31-32-33-34-35-36-37-38-39-40-41-42-43-44-45-46-48-50-52-54-56-58-60-67(72)78-65(64-77-69(68(73)74)75-62-61-70(3,4)5)63-76-66(71)59-57-55-53-51-49-47-21-19-17-15-13-11-9-7-2/h18-21,23-24,26-27,65,69H,6-17,22,25,28-64H2,1-5H3/p+1/b20-18-,21-19-,24-23-,27-26-. The molecule has 0 radical (unpaired) electrons. The van der Waals surface area contributed by atoms with Gasteiger partial charge in [0.05, 0.1) is 34.4 Å². The minimum Gasteiger partial charge on any atom is -0.477 e. The summed E-state index contributed by atoms with van der Waals surface area (Å²) >= 11 is 0. The number of allylic oxidation sites excluding steroid dienone is 8. The highest BCUT2D eigenvalue weighted by Gasteiger charge is 2.25. The largest absolute Gasteiger partial charge is 0.477 e. The van der Waals surface area contributed by atoms with Crippen LogP contribution in [0.1, 0.15) is 316 Å². The van der Waals surface area contributed by atoms with Crippen molar-refractivity contribution in [2.24, 2.45) is 0 Å². The third-order valence-corrected chi connectivity index (χ3v) is 14.8. The third-order valence-electron chi connectivity index (χ3n) is 14.8. The summed E-state index contributed by atoms with van der Waals surface area (Å²) in [6, 6.07) is 0. The van der Waals surface area contributed by atoms with E-state index in [4.69, 9.17) is 18.9 Å². The smallest absolute Gasteiger partial charge is 0.361 e. The second-order valence-corrected chi connectivity index (χ2v) is 23.8. The molecule has 0 fully saturated rings. The number of nitrogens with zero attached hydrogens (tertiary/aromatic N) is 1. The fraction of sp³-hybridized carbons (Fsp3) is 0.841. The van der Waals surface area contributed by atoms with E-state index < -0.39 is 24.3 Å². The van der Waals surface area contributed by atoms with Crippen molar-refractivity contribution in [1.82, 2.24) is 0 Å². The topological polar surface area (TPSA) is 108 Å². The molecule has 9 nitrogen and oxygen atoms in total. The summed E-state index contributed by atoms with van der Waals surface area (Å²) in [5, 5.41) is 9.71. The molecule has 0 saturated heterocycles. The first-order valence-corrected chi connectivity index (χ1v) is 33.3. The number of hydrogen-bond donors (Lipinski definition) is 1. The van der Waals surface area contributed by atoms with E-state index in [1.807, 2.05) is 21.1 Å². The zero-order chi connectivity index (χ0) is 56.9. The van der Waals surface area contributed by atoms with Crippen molar-refractivity contribution in [2.75, 3.05) is 47.5 Å². The molecule has 0 spiro atoms. The maximum Gasteiger partial charge on any atom is 0.361 e. The van der Waals surface area contributed by atoms with Crippen molar-refractivity contribution >= 4 is 17.9 Å². The minimum atomic E-state index is -1.51. The summed E-state index contributed by atoms with van der Waals surface area (Å²) in [7, 11) is 5.98. The van der Waals surface area contributed by atoms with Crippen molar-refractivity contribution in [3.05, 3.63) is 48.6 Å². The maximum atomic E-state index is 12.9. The van der Waals surface area contributed by atoms with Crippen LogP contribution in [-0.4, -0.2) is 87.4 Å². The van der Waals surface area contributed by atoms with Crippen LogP contribution in [0.3, 0.4) is 0 Å². The van der Waals surface area contributed by atoms with Crippen LogP contribution in [0, 0.1) is 0 Å². The van der Waals surface area contributed by atoms with Gasteiger partial charge in [0.2, 0.25) is 0 Å². The lowest BCUT2D eigenvalue weighted by Crippen LogP contribution is -2.40. The van der Waals surface area contributed by atoms with Crippen molar-refractivity contribution in [3.8, 4) is 0 Å². The van der Waals surface area contributed by atoms with Gasteiger partial charge in [-0.15, -0.1) is 0 Å². The third kappa shape index (κ3) is 60.9. The zero-order valence-corrected chi connectivity index (χ0v) is 52.1. The quantitative estimate of drug-likeness (QED) is 0.0211. The maximum absolute atomic E-state index is 12.9. The Hall–Kier alpha value is -2.75. The Kier molecular flexibility index (Phi) is 58.2. The Morgan fingerprint density at radius 1 is 0.385 bits per heavy atom. The molecule has 0 aliphatic carbocycles. The summed E-state index contributed by atoms with van der Waals surface area (Å²) in [5.41, 5.74) is 0. The van der Waals surface area contributed by atoms with Gasteiger partial charge in [0.15, 0.2) is 6.10 Å². The van der Waals surface area contributed by atoms with E-state index in [0.29, 0.717) is 17.4 Å². The molecule has 0 saturated carbocycles. The summed E-state index contributed by atoms with van der Waals surface area (Å²) in [5.74, 6) is -2.00. The molecule has 9 heteroatoms. The van der Waals surface area contributed by atoms with E-state index in [9.17, 15) is 19.5 Å². The Bertz CT molecular complexity index is 1420. The van der Waals surface area contributed by atoms with Crippen LogP contribution in [0.15, 0.2) is 48.6 Å². The second kappa shape index (κ2) is 60.3. The number of carboxylic acid groups (broad SMARTS) is 1. The lowest BCUT2D eigenvalue weighted by Gasteiger charge is -2.25. The number of rotatable bonds is 62. The predicted octanol–water partition coefficient (Wildman–Crippen LogP) is 20.2. The van der Waals surface area contributed by atoms with E-state index >= 15 is 0 Å². The molecule has 0 aromatic heterocycles. The number of unbranched alkanes of at least 4 members (excludes halogenated alkanes) is 39. The number of quaternary nitrogens is 1. The monoisotopic (exact) mass is 1100 g/mol. The van der Waals surface area contributed by atoms with E-state index in [2.05, 4.69) is 62.5 Å². The molecule has 0 aliphatic rings. The predicted molar refractivity (Wildman–Crippen MR) is 332 cm³/mol. The summed E-state index contributed by atoms with van der Waals surface area (Å²) in [4.78, 5) is 37.4. The van der Waals surface area contributed by atoms with Crippen molar-refractivity contribution in [2.45, 2.75) is 328 Å². The molecule has 2 atom stereocenters. The fourth-order valence-electron chi connectivity index (χ4n) is 9.67. The molecular weight excluding hydrogens is 971 g/mol. The molecule has 0 amide bonds. The molecule has 78 heavy (non-hydrogen) atoms. The van der Waals surface area contributed by atoms with Crippen molar-refractivity contribution in [1.29, 1.82) is 0 Å². The number of likely N-dealkylation sites (N-methyl/N-ethyl adjacent to an activating group) is 1. The van der Waals surface area contributed by atoms with Crippen LogP contribution in [0.2, 0.25) is 0 Å². The van der Waals surface area contributed by atoms with Gasteiger partial charge in [-0.05, 0) is 77.0 Å². The van der Waals surface area contributed by atoms with Crippen LogP contribution >= 0.6 is 0 Å². The molecule has 0 aromatic rings. The number of ether oxygens (including phenoxy) is 4. The first-order valence-electron chi connectivity index (χ1n) is 33.3. The summed E-state index contributed by atoms with van der Waals surface area (Å²) < 4.78 is 22.9. The minimum absolute atomic E-state index is 0.183. The normalized spacial score (nSPS) is 13.0. The molecule has 0 aliphatic heterocycles. The van der Waals surface area contributed by atoms with E-state index in [-0.39, 0.29) is 32.2 Å². The van der Waals surface area contributed by atoms with E-state index in [1.165, 1.54) is 225 Å². The fourth-order valence-corrected chi connectivity index (χ4v) is 9.67. The van der Waals surface area contributed by atoms with Crippen LogP contribution in [0.4, 0.5) is 0 Å². The summed E-state index contributed by atoms with van der Waals surface area (Å²) in [6.07, 6.45) is 73.8. The average Bonchev–Trinajstić information content (AvgIpc) is 3.41. The zero-order valence-electron chi connectivity index (χ0n) is 52.1. The van der Waals surface area contributed by atoms with Gasteiger partial charge in [0.25, 0.3) is 6.29 Å². The Balaban J connectivity index is 3.95. The number of aliphatic carboxylic acids is 1. The second-order valence-electron chi connectivity index (χ2n) is 23.8. The van der Waals surface area contributed by atoms with Gasteiger partial charge < -0.3 is 28.5 Å². The molecule has 456 valence electrons. The Morgan fingerprint density at radius 2 is 0.692 bits per heavy atom. The van der Waals surface area contributed by atoms with Crippen molar-refractivity contribution < 1.29 is 42.9 Å². The SMILES string of the molecule is CCCCCCC/C=C\C/C=C\C/C=C\CCCCCCCCCCCCCCCCCCCCCCCCCCC(=O)OC(COC(=O)CCCCCCC/C=C\CCCCCCC)COC(OCC[N+](C)(C)C)C(=O)O. The van der Waals surface area contributed by atoms with Crippen LogP contribution < -0.4 is 0 Å². The van der Waals surface area contributed by atoms with Crippen LogP contribution in [0.25, 0.3) is 0 Å². The van der Waals surface area contributed by atoms with Gasteiger partial charge >= 0.3 is 17.9 Å². The number of carbonyl (C=O) groups is 3.